The molecule has 0 unspecified atom stereocenters. The van der Waals surface area contributed by atoms with Crippen LogP contribution < -0.4 is 5.76 Å². The molecule has 0 aliphatic carbocycles. The normalized spacial score (nSPS) is 15.2. The summed E-state index contributed by atoms with van der Waals surface area (Å²) in [5, 5.41) is 10.9. The number of nitro groups is 1. The fraction of sp³-hybridized carbons (Fsp3) is 0.333. The largest absolute Gasteiger partial charge is 0.420 e. The van der Waals surface area contributed by atoms with E-state index >= 15 is 0 Å². The van der Waals surface area contributed by atoms with Crippen LogP contribution in [0.2, 0.25) is 0 Å². The third-order valence-corrected chi connectivity index (χ3v) is 5.57. The van der Waals surface area contributed by atoms with Gasteiger partial charge in [-0.2, -0.15) is 13.2 Å². The molecular weight excluding hydrogens is 445 g/mol. The third-order valence-electron chi connectivity index (χ3n) is 5.57. The van der Waals surface area contributed by atoms with Gasteiger partial charge in [0.1, 0.15) is 6.54 Å². The van der Waals surface area contributed by atoms with Gasteiger partial charge in [0.05, 0.1) is 22.1 Å². The van der Waals surface area contributed by atoms with Crippen molar-refractivity contribution in [3.8, 4) is 0 Å². The van der Waals surface area contributed by atoms with E-state index in [-0.39, 0.29) is 23.7 Å². The molecule has 1 aliphatic heterocycles. The van der Waals surface area contributed by atoms with E-state index in [9.17, 15) is 32.9 Å². The molecule has 0 bridgehead atoms. The number of carbonyl (C=O) groups excluding carboxylic acids is 1. The molecule has 2 heterocycles. The summed E-state index contributed by atoms with van der Waals surface area (Å²) in [6.07, 6.45) is -4.37. The lowest BCUT2D eigenvalue weighted by Gasteiger charge is -2.34. The second-order valence-corrected chi connectivity index (χ2v) is 7.71. The van der Waals surface area contributed by atoms with Crippen LogP contribution in [0.15, 0.2) is 51.7 Å². The van der Waals surface area contributed by atoms with Crippen molar-refractivity contribution < 1.29 is 27.3 Å². The van der Waals surface area contributed by atoms with Crippen LogP contribution in [0.3, 0.4) is 0 Å². The average molecular weight is 464 g/mol. The van der Waals surface area contributed by atoms with Crippen molar-refractivity contribution in [1.29, 1.82) is 0 Å². The number of carbonyl (C=O) groups is 1. The zero-order valence-corrected chi connectivity index (χ0v) is 17.2. The first kappa shape index (κ1) is 22.5. The van der Waals surface area contributed by atoms with E-state index in [0.717, 1.165) is 28.3 Å². The van der Waals surface area contributed by atoms with Gasteiger partial charge >= 0.3 is 11.9 Å². The number of piperazine rings is 1. The van der Waals surface area contributed by atoms with Gasteiger partial charge in [-0.05, 0) is 23.8 Å². The lowest BCUT2D eigenvalue weighted by molar-refractivity contribution is -0.384. The van der Waals surface area contributed by atoms with E-state index in [4.69, 9.17) is 4.42 Å². The smallest absolute Gasteiger partial charge is 0.407 e. The molecule has 0 saturated carbocycles. The Kier molecular flexibility index (Phi) is 5.93. The van der Waals surface area contributed by atoms with Gasteiger partial charge in [-0.15, -0.1) is 0 Å². The molecule has 4 rings (SSSR count). The minimum absolute atomic E-state index is 0.0309. The number of alkyl halides is 3. The van der Waals surface area contributed by atoms with Gasteiger partial charge in [0.2, 0.25) is 5.91 Å². The van der Waals surface area contributed by atoms with Crippen LogP contribution in [0, 0.1) is 10.1 Å². The quantitative estimate of drug-likeness (QED) is 0.425. The van der Waals surface area contributed by atoms with Gasteiger partial charge in [-0.25, -0.2) is 4.79 Å². The number of hydrogen-bond acceptors (Lipinski definition) is 6. The van der Waals surface area contributed by atoms with Crippen LogP contribution in [-0.2, 0) is 24.1 Å². The molecule has 0 atom stereocenters. The van der Waals surface area contributed by atoms with E-state index in [0.29, 0.717) is 38.2 Å². The third kappa shape index (κ3) is 4.90. The zero-order valence-electron chi connectivity index (χ0n) is 17.2. The van der Waals surface area contributed by atoms with Gasteiger partial charge in [0.25, 0.3) is 5.69 Å². The first-order valence-corrected chi connectivity index (χ1v) is 10.1. The number of non-ortho nitro benzene ring substituents is 1. The Balaban J connectivity index is 1.36. The Hall–Kier alpha value is -3.67. The molecule has 1 aliphatic rings. The molecule has 1 fully saturated rings. The van der Waals surface area contributed by atoms with Crippen LogP contribution in [0.4, 0.5) is 18.9 Å². The molecule has 174 valence electrons. The fourth-order valence-corrected chi connectivity index (χ4v) is 3.77. The minimum atomic E-state index is -4.37. The second-order valence-electron chi connectivity index (χ2n) is 7.71. The fourth-order valence-electron chi connectivity index (χ4n) is 3.77. The molecule has 1 saturated heterocycles. The number of oxazole rings is 1. The predicted octanol–water partition coefficient (Wildman–Crippen LogP) is 2.87. The molecule has 2 aromatic carbocycles. The van der Waals surface area contributed by atoms with Gasteiger partial charge < -0.3 is 9.32 Å². The molecule has 12 heteroatoms. The van der Waals surface area contributed by atoms with E-state index in [2.05, 4.69) is 0 Å². The van der Waals surface area contributed by atoms with E-state index in [1.807, 2.05) is 4.90 Å². The van der Waals surface area contributed by atoms with Crippen LogP contribution in [-0.4, -0.2) is 51.4 Å². The maximum Gasteiger partial charge on any atom is 0.420 e. The number of benzene rings is 2. The average Bonchev–Trinajstić information content (AvgIpc) is 3.08. The Bertz CT molecular complexity index is 1240. The predicted molar refractivity (Wildman–Crippen MR) is 110 cm³/mol. The number of nitrogens with zero attached hydrogens (tertiary/aromatic N) is 4. The van der Waals surface area contributed by atoms with Crippen molar-refractivity contribution in [3.05, 3.63) is 74.3 Å². The molecule has 0 spiro atoms. The summed E-state index contributed by atoms with van der Waals surface area (Å²) in [5.41, 5.74) is 0.147. The van der Waals surface area contributed by atoms with Crippen molar-refractivity contribution in [2.24, 2.45) is 0 Å². The van der Waals surface area contributed by atoms with Crippen LogP contribution in [0.25, 0.3) is 11.1 Å². The molecule has 9 nitrogen and oxygen atoms in total. The Morgan fingerprint density at radius 1 is 1.06 bits per heavy atom. The van der Waals surface area contributed by atoms with Crippen LogP contribution in [0.5, 0.6) is 0 Å². The topological polar surface area (TPSA) is 102 Å². The minimum Gasteiger partial charge on any atom is -0.407 e. The Morgan fingerprint density at radius 3 is 2.33 bits per heavy atom. The number of nitro benzene ring substituents is 1. The lowest BCUT2D eigenvalue weighted by Crippen LogP contribution is -2.49. The first-order valence-electron chi connectivity index (χ1n) is 10.1. The van der Waals surface area contributed by atoms with Crippen molar-refractivity contribution in [2.75, 3.05) is 26.2 Å². The zero-order chi connectivity index (χ0) is 23.8. The number of amides is 1. The number of fused-ring (bicyclic) bond motifs is 1. The maximum absolute atomic E-state index is 12.7. The summed E-state index contributed by atoms with van der Waals surface area (Å²) >= 11 is 0. The second kappa shape index (κ2) is 8.70. The van der Waals surface area contributed by atoms with E-state index < -0.39 is 22.4 Å². The summed E-state index contributed by atoms with van der Waals surface area (Å²) in [4.78, 5) is 38.8. The van der Waals surface area contributed by atoms with Gasteiger partial charge in [-0.1, -0.05) is 12.1 Å². The first-order chi connectivity index (χ1) is 15.6. The Morgan fingerprint density at radius 2 is 1.73 bits per heavy atom. The highest BCUT2D eigenvalue weighted by Crippen LogP contribution is 2.29. The SMILES string of the molecule is O=C(Cn1c(=O)oc2cc([N+](=O)[O-])ccc21)N1CCN(Cc2ccc(C(F)(F)F)cc2)CC1. The molecule has 33 heavy (non-hydrogen) atoms. The van der Waals surface area contributed by atoms with Crippen molar-refractivity contribution in [3.63, 3.8) is 0 Å². The molecule has 0 radical (unpaired) electrons. The summed E-state index contributed by atoms with van der Waals surface area (Å²) in [6, 6.07) is 8.74. The number of rotatable bonds is 5. The standard InChI is InChI=1S/C21H19F3N4O5/c22-21(23,24)15-3-1-14(2-4-15)12-25-7-9-26(10-8-25)19(29)13-27-17-6-5-16(28(31)32)11-18(17)33-20(27)30/h1-6,11H,7-10,12-13H2. The lowest BCUT2D eigenvalue weighted by atomic mass is 10.1. The number of aromatic nitrogens is 1. The van der Waals surface area contributed by atoms with Crippen LogP contribution in [0.1, 0.15) is 11.1 Å². The molecule has 1 amide bonds. The summed E-state index contributed by atoms with van der Waals surface area (Å²) in [6.45, 7) is 2.05. The van der Waals surface area contributed by atoms with E-state index in [1.165, 1.54) is 24.3 Å². The van der Waals surface area contributed by atoms with Gasteiger partial charge in [0, 0.05) is 38.8 Å². The molecule has 3 aromatic rings. The molecular formula is C21H19F3N4O5. The molecule has 0 N–H and O–H groups in total. The highest BCUT2D eigenvalue weighted by molar-refractivity contribution is 5.80. The molecule has 1 aromatic heterocycles. The van der Waals surface area contributed by atoms with E-state index in [1.54, 1.807) is 4.90 Å². The van der Waals surface area contributed by atoms with Crippen molar-refractivity contribution in [1.82, 2.24) is 14.4 Å². The van der Waals surface area contributed by atoms with Crippen molar-refractivity contribution in [2.45, 2.75) is 19.3 Å². The van der Waals surface area contributed by atoms with Gasteiger partial charge in [0.15, 0.2) is 5.58 Å². The summed E-state index contributed by atoms with van der Waals surface area (Å²) in [7, 11) is 0. The maximum atomic E-state index is 12.7. The monoisotopic (exact) mass is 464 g/mol. The van der Waals surface area contributed by atoms with Crippen molar-refractivity contribution >= 4 is 22.7 Å². The number of hydrogen-bond donors (Lipinski definition) is 0. The highest BCUT2D eigenvalue weighted by atomic mass is 19.4. The van der Waals surface area contributed by atoms with Crippen LogP contribution >= 0.6 is 0 Å². The highest BCUT2D eigenvalue weighted by Gasteiger charge is 2.30. The number of halogens is 3. The summed E-state index contributed by atoms with van der Waals surface area (Å²) < 4.78 is 44.3. The Labute approximate surface area is 184 Å². The summed E-state index contributed by atoms with van der Waals surface area (Å²) in [5.74, 6) is -1.08. The van der Waals surface area contributed by atoms with Gasteiger partial charge in [-0.3, -0.25) is 24.4 Å².